The number of ether oxygens (including phenoxy) is 1. The zero-order valence-electron chi connectivity index (χ0n) is 14.9. The molecule has 2 unspecified atom stereocenters. The molecular weight excluding hydrogens is 260 g/mol. The number of nitrogens with zero attached hydrogens (tertiary/aromatic N) is 1. The van der Waals surface area contributed by atoms with Crippen molar-refractivity contribution in [1.82, 2.24) is 10.2 Å². The van der Waals surface area contributed by atoms with Crippen molar-refractivity contribution in [3.05, 3.63) is 29.3 Å². The Bertz CT molecular complexity index is 451. The van der Waals surface area contributed by atoms with Gasteiger partial charge in [0.25, 0.3) is 0 Å². The smallest absolute Gasteiger partial charge is 0.123 e. The summed E-state index contributed by atoms with van der Waals surface area (Å²) in [6, 6.07) is 7.31. The van der Waals surface area contributed by atoms with Gasteiger partial charge in [0.2, 0.25) is 0 Å². The summed E-state index contributed by atoms with van der Waals surface area (Å²) in [5, 5.41) is 3.29. The molecule has 0 heterocycles. The Balaban J connectivity index is 3.00. The monoisotopic (exact) mass is 292 g/mol. The molecule has 0 saturated carbocycles. The molecule has 1 N–H and O–H groups in total. The number of hydrogen-bond acceptors (Lipinski definition) is 3. The van der Waals surface area contributed by atoms with Crippen molar-refractivity contribution >= 4 is 0 Å². The molecule has 0 aromatic heterocycles. The molecule has 0 aliphatic heterocycles. The average Bonchev–Trinajstić information content (AvgIpc) is 2.44. The van der Waals surface area contributed by atoms with E-state index in [1.54, 1.807) is 7.11 Å². The van der Waals surface area contributed by atoms with Gasteiger partial charge < -0.3 is 10.1 Å². The zero-order chi connectivity index (χ0) is 16.2. The van der Waals surface area contributed by atoms with Gasteiger partial charge in [0.05, 0.1) is 7.11 Å². The van der Waals surface area contributed by atoms with Gasteiger partial charge in [0.1, 0.15) is 5.75 Å². The van der Waals surface area contributed by atoms with E-state index in [-0.39, 0.29) is 5.41 Å². The normalized spacial score (nSPS) is 15.1. The first-order valence-electron chi connectivity index (χ1n) is 7.75. The van der Waals surface area contributed by atoms with Crippen molar-refractivity contribution in [1.29, 1.82) is 0 Å². The first kappa shape index (κ1) is 18.0. The van der Waals surface area contributed by atoms with E-state index in [1.807, 2.05) is 7.05 Å². The first-order chi connectivity index (χ1) is 9.70. The summed E-state index contributed by atoms with van der Waals surface area (Å²) in [5.74, 6) is 0.968. The van der Waals surface area contributed by atoms with Crippen LogP contribution in [0.3, 0.4) is 0 Å². The van der Waals surface area contributed by atoms with E-state index in [0.717, 1.165) is 12.3 Å². The lowest BCUT2D eigenvalue weighted by molar-refractivity contribution is 0.133. The van der Waals surface area contributed by atoms with Crippen LogP contribution in [0.1, 0.15) is 51.8 Å². The Morgan fingerprint density at radius 2 is 1.86 bits per heavy atom. The summed E-state index contributed by atoms with van der Waals surface area (Å²) in [7, 11) is 5.92. The number of benzene rings is 1. The van der Waals surface area contributed by atoms with Crippen LogP contribution < -0.4 is 10.1 Å². The molecule has 120 valence electrons. The van der Waals surface area contributed by atoms with Crippen LogP contribution in [0.15, 0.2) is 18.2 Å². The van der Waals surface area contributed by atoms with Gasteiger partial charge in [-0.2, -0.15) is 0 Å². The Kier molecular flexibility index (Phi) is 6.24. The second kappa shape index (κ2) is 7.28. The Hall–Kier alpha value is -1.06. The Labute approximate surface area is 130 Å². The minimum atomic E-state index is 0.262. The number of rotatable bonds is 6. The second-order valence-electron chi connectivity index (χ2n) is 7.04. The van der Waals surface area contributed by atoms with Gasteiger partial charge in [0.15, 0.2) is 0 Å². The molecule has 3 heteroatoms. The highest BCUT2D eigenvalue weighted by Gasteiger charge is 2.24. The summed E-state index contributed by atoms with van der Waals surface area (Å²) in [5.41, 5.74) is 2.80. The molecule has 3 nitrogen and oxygen atoms in total. The first-order valence-corrected chi connectivity index (χ1v) is 7.75. The molecule has 1 rings (SSSR count). The summed E-state index contributed by atoms with van der Waals surface area (Å²) in [6.07, 6.45) is 0. The molecule has 0 aliphatic rings. The fourth-order valence-electron chi connectivity index (χ4n) is 2.42. The number of methoxy groups -OCH3 is 1. The van der Waals surface area contributed by atoms with E-state index in [4.69, 9.17) is 4.74 Å². The molecule has 0 radical (unpaired) electrons. The predicted molar refractivity (Wildman–Crippen MR) is 90.9 cm³/mol. The maximum atomic E-state index is 5.53. The summed E-state index contributed by atoms with van der Waals surface area (Å²) in [4.78, 5) is 2.39. The van der Waals surface area contributed by atoms with Gasteiger partial charge in [-0.05, 0) is 51.1 Å². The van der Waals surface area contributed by atoms with Crippen LogP contribution in [0, 0.1) is 5.41 Å². The van der Waals surface area contributed by atoms with Gasteiger partial charge in [-0.15, -0.1) is 0 Å². The zero-order valence-corrected chi connectivity index (χ0v) is 14.9. The minimum Gasteiger partial charge on any atom is -0.496 e. The SMILES string of the molecule is CNC(C)c1ccc(OC)c(CN(C)C(C)C(C)(C)C)c1. The average molecular weight is 292 g/mol. The van der Waals surface area contributed by atoms with Crippen molar-refractivity contribution in [2.75, 3.05) is 21.2 Å². The highest BCUT2D eigenvalue weighted by molar-refractivity contribution is 5.38. The highest BCUT2D eigenvalue weighted by atomic mass is 16.5. The van der Waals surface area contributed by atoms with E-state index in [0.29, 0.717) is 12.1 Å². The van der Waals surface area contributed by atoms with Gasteiger partial charge in [-0.3, -0.25) is 4.90 Å². The lowest BCUT2D eigenvalue weighted by Crippen LogP contribution is -2.38. The second-order valence-corrected chi connectivity index (χ2v) is 7.04. The van der Waals surface area contributed by atoms with E-state index in [2.05, 4.69) is 70.1 Å². The topological polar surface area (TPSA) is 24.5 Å². The van der Waals surface area contributed by atoms with Crippen molar-refractivity contribution in [3.8, 4) is 5.75 Å². The Morgan fingerprint density at radius 1 is 1.24 bits per heavy atom. The van der Waals surface area contributed by atoms with Crippen molar-refractivity contribution in [3.63, 3.8) is 0 Å². The molecular formula is C18H32N2O. The quantitative estimate of drug-likeness (QED) is 0.862. The van der Waals surface area contributed by atoms with Crippen LogP contribution in [0.25, 0.3) is 0 Å². The summed E-state index contributed by atoms with van der Waals surface area (Å²) >= 11 is 0. The molecule has 0 aliphatic carbocycles. The van der Waals surface area contributed by atoms with E-state index >= 15 is 0 Å². The maximum absolute atomic E-state index is 5.53. The van der Waals surface area contributed by atoms with E-state index in [1.165, 1.54) is 11.1 Å². The lowest BCUT2D eigenvalue weighted by atomic mass is 9.87. The van der Waals surface area contributed by atoms with Gasteiger partial charge >= 0.3 is 0 Å². The third kappa shape index (κ3) is 4.72. The molecule has 0 spiro atoms. The van der Waals surface area contributed by atoms with E-state index in [9.17, 15) is 0 Å². The highest BCUT2D eigenvalue weighted by Crippen LogP contribution is 2.28. The van der Waals surface area contributed by atoms with Crippen LogP contribution in [-0.2, 0) is 6.54 Å². The van der Waals surface area contributed by atoms with Crippen molar-refractivity contribution < 1.29 is 4.74 Å². The number of nitrogens with one attached hydrogen (secondary N) is 1. The lowest BCUT2D eigenvalue weighted by Gasteiger charge is -2.35. The van der Waals surface area contributed by atoms with Gasteiger partial charge in [-0.25, -0.2) is 0 Å². The van der Waals surface area contributed by atoms with Crippen LogP contribution in [0.5, 0.6) is 5.75 Å². The molecule has 2 atom stereocenters. The van der Waals surface area contributed by atoms with Crippen LogP contribution in [0.4, 0.5) is 0 Å². The third-order valence-corrected chi connectivity index (χ3v) is 4.57. The van der Waals surface area contributed by atoms with Gasteiger partial charge in [-0.1, -0.05) is 26.8 Å². The predicted octanol–water partition coefficient (Wildman–Crippen LogP) is 3.84. The molecule has 21 heavy (non-hydrogen) atoms. The van der Waals surface area contributed by atoms with Gasteiger partial charge in [0, 0.05) is 24.2 Å². The maximum Gasteiger partial charge on any atom is 0.123 e. The summed E-state index contributed by atoms with van der Waals surface area (Å²) < 4.78 is 5.53. The standard InChI is InChI=1S/C18H32N2O/c1-13(19-6)15-9-10-17(21-8)16(11-15)12-20(7)14(2)18(3,4)5/h9-11,13-14,19H,12H2,1-8H3. The van der Waals surface area contributed by atoms with Crippen LogP contribution in [-0.4, -0.2) is 32.1 Å². The van der Waals surface area contributed by atoms with Crippen molar-refractivity contribution in [2.24, 2.45) is 5.41 Å². The fraction of sp³-hybridized carbons (Fsp3) is 0.667. The fourth-order valence-corrected chi connectivity index (χ4v) is 2.42. The third-order valence-electron chi connectivity index (χ3n) is 4.57. The molecule has 1 aromatic rings. The minimum absolute atomic E-state index is 0.262. The molecule has 0 fully saturated rings. The van der Waals surface area contributed by atoms with E-state index < -0.39 is 0 Å². The van der Waals surface area contributed by atoms with Crippen molar-refractivity contribution in [2.45, 2.75) is 53.2 Å². The molecule has 0 amide bonds. The Morgan fingerprint density at radius 3 is 2.33 bits per heavy atom. The number of hydrogen-bond donors (Lipinski definition) is 1. The summed E-state index contributed by atoms with van der Waals surface area (Å²) in [6.45, 7) is 12.2. The molecule has 1 aromatic carbocycles. The largest absolute Gasteiger partial charge is 0.496 e. The van der Waals surface area contributed by atoms with Crippen LogP contribution >= 0.6 is 0 Å². The molecule has 0 bridgehead atoms. The van der Waals surface area contributed by atoms with Crippen LogP contribution in [0.2, 0.25) is 0 Å². The molecule has 0 saturated heterocycles.